The van der Waals surface area contributed by atoms with Gasteiger partial charge in [0.2, 0.25) is 0 Å². The Kier molecular flexibility index (Phi) is 7.05. The van der Waals surface area contributed by atoms with Crippen LogP contribution in [0.25, 0.3) is 0 Å². The van der Waals surface area contributed by atoms with Gasteiger partial charge in [-0.2, -0.15) is 0 Å². The van der Waals surface area contributed by atoms with Crippen LogP contribution in [0.4, 0.5) is 4.79 Å². The van der Waals surface area contributed by atoms with E-state index in [-0.39, 0.29) is 24.1 Å². The molecule has 23 heavy (non-hydrogen) atoms. The largest absolute Gasteiger partial charge is 0.364 e. The van der Waals surface area contributed by atoms with Crippen LogP contribution in [-0.4, -0.2) is 50.3 Å². The maximum Gasteiger partial charge on any atom is 0.321 e. The second-order valence-corrected chi connectivity index (χ2v) is 6.75. The molecule has 130 valence electrons. The molecule has 0 bridgehead atoms. The second-order valence-electron chi connectivity index (χ2n) is 6.75. The summed E-state index contributed by atoms with van der Waals surface area (Å²) in [6, 6.07) is -0.389. The summed E-state index contributed by atoms with van der Waals surface area (Å²) < 4.78 is 5.65. The first-order chi connectivity index (χ1) is 11.0. The van der Waals surface area contributed by atoms with Crippen molar-refractivity contribution >= 4 is 11.9 Å². The Morgan fingerprint density at radius 1 is 1.26 bits per heavy atom. The lowest BCUT2D eigenvalue weighted by molar-refractivity contribution is -0.907. The maximum absolute atomic E-state index is 12.0. The van der Waals surface area contributed by atoms with Gasteiger partial charge in [-0.3, -0.25) is 10.1 Å². The van der Waals surface area contributed by atoms with E-state index < -0.39 is 0 Å². The molecule has 0 unspecified atom stereocenters. The van der Waals surface area contributed by atoms with Crippen LogP contribution in [0.3, 0.4) is 0 Å². The molecular formula is C17H30N3O3+. The van der Waals surface area contributed by atoms with Gasteiger partial charge in [0.25, 0.3) is 5.91 Å². The highest BCUT2D eigenvalue weighted by Gasteiger charge is 2.27. The van der Waals surface area contributed by atoms with Crippen LogP contribution in [0.15, 0.2) is 11.6 Å². The van der Waals surface area contributed by atoms with Crippen LogP contribution in [0, 0.1) is 0 Å². The lowest BCUT2D eigenvalue weighted by Gasteiger charge is -2.31. The minimum absolute atomic E-state index is 0.152. The summed E-state index contributed by atoms with van der Waals surface area (Å²) in [4.78, 5) is 24.9. The number of morpholine rings is 1. The number of allylic oxidation sites excluding steroid dienone is 1. The molecule has 2 rings (SSSR count). The highest BCUT2D eigenvalue weighted by molar-refractivity contribution is 5.94. The van der Waals surface area contributed by atoms with Gasteiger partial charge in [0.15, 0.2) is 6.54 Å². The van der Waals surface area contributed by atoms with Crippen LogP contribution < -0.4 is 15.5 Å². The maximum atomic E-state index is 12.0. The Morgan fingerprint density at radius 2 is 2.00 bits per heavy atom. The number of carbonyl (C=O) groups is 2. The SMILES string of the molecule is C[C@@H]1C[NH+](CC(=O)NC(=O)NCCC2=CCCCC2)C[C@@H](C)O1. The molecule has 6 nitrogen and oxygen atoms in total. The number of imide groups is 1. The van der Waals surface area contributed by atoms with Gasteiger partial charge in [0, 0.05) is 6.54 Å². The fourth-order valence-electron chi connectivity index (χ4n) is 3.44. The van der Waals surface area contributed by atoms with Gasteiger partial charge in [-0.25, -0.2) is 4.79 Å². The van der Waals surface area contributed by atoms with E-state index in [0.29, 0.717) is 13.1 Å². The van der Waals surface area contributed by atoms with E-state index in [1.54, 1.807) is 0 Å². The topological polar surface area (TPSA) is 71.9 Å². The van der Waals surface area contributed by atoms with Crippen LogP contribution in [0.5, 0.6) is 0 Å². The molecule has 0 spiro atoms. The van der Waals surface area contributed by atoms with Crippen molar-refractivity contribution in [1.29, 1.82) is 0 Å². The summed E-state index contributed by atoms with van der Waals surface area (Å²) >= 11 is 0. The normalized spacial score (nSPS) is 27.9. The zero-order chi connectivity index (χ0) is 16.7. The van der Waals surface area contributed by atoms with E-state index in [1.807, 2.05) is 13.8 Å². The highest BCUT2D eigenvalue weighted by Crippen LogP contribution is 2.19. The monoisotopic (exact) mass is 324 g/mol. The Bertz CT molecular complexity index is 440. The van der Waals surface area contributed by atoms with Crippen molar-refractivity contribution in [1.82, 2.24) is 10.6 Å². The lowest BCUT2D eigenvalue weighted by atomic mass is 9.97. The van der Waals surface area contributed by atoms with Crippen LogP contribution in [0.2, 0.25) is 0 Å². The minimum Gasteiger partial charge on any atom is -0.364 e. The molecule has 0 saturated carbocycles. The average Bonchev–Trinajstić information content (AvgIpc) is 2.47. The molecular weight excluding hydrogens is 294 g/mol. The van der Waals surface area contributed by atoms with E-state index in [0.717, 1.165) is 37.3 Å². The molecule has 0 aromatic carbocycles. The summed E-state index contributed by atoms with van der Waals surface area (Å²) in [7, 11) is 0. The summed E-state index contributed by atoms with van der Waals surface area (Å²) in [6.45, 7) is 6.53. The van der Waals surface area contributed by atoms with Crippen molar-refractivity contribution in [2.75, 3.05) is 26.2 Å². The van der Waals surface area contributed by atoms with E-state index in [4.69, 9.17) is 4.74 Å². The number of carbonyl (C=O) groups excluding carboxylic acids is 2. The molecule has 2 atom stereocenters. The van der Waals surface area contributed by atoms with E-state index in [1.165, 1.54) is 18.4 Å². The molecule has 1 aliphatic heterocycles. The van der Waals surface area contributed by atoms with Crippen molar-refractivity contribution < 1.29 is 19.2 Å². The van der Waals surface area contributed by atoms with Crippen molar-refractivity contribution in [3.8, 4) is 0 Å². The number of amides is 3. The summed E-state index contributed by atoms with van der Waals surface area (Å²) in [5, 5.41) is 5.19. The quantitative estimate of drug-likeness (QED) is 0.641. The third-order valence-corrected chi connectivity index (χ3v) is 4.40. The second kappa shape index (κ2) is 9.03. The number of hydrogen-bond acceptors (Lipinski definition) is 3. The zero-order valence-corrected chi connectivity index (χ0v) is 14.3. The Hall–Kier alpha value is -1.40. The first kappa shape index (κ1) is 17.9. The first-order valence-corrected chi connectivity index (χ1v) is 8.77. The smallest absolute Gasteiger partial charge is 0.321 e. The third kappa shape index (κ3) is 6.71. The Morgan fingerprint density at radius 3 is 2.65 bits per heavy atom. The van der Waals surface area contributed by atoms with Gasteiger partial charge in [-0.05, 0) is 46.0 Å². The molecule has 6 heteroatoms. The molecule has 1 saturated heterocycles. The fourth-order valence-corrected chi connectivity index (χ4v) is 3.44. The number of rotatable bonds is 5. The van der Waals surface area contributed by atoms with Gasteiger partial charge in [0.1, 0.15) is 25.3 Å². The minimum atomic E-state index is -0.389. The number of ether oxygens (including phenoxy) is 1. The molecule has 1 aliphatic carbocycles. The van der Waals surface area contributed by atoms with E-state index in [2.05, 4.69) is 16.7 Å². The van der Waals surface area contributed by atoms with Crippen LogP contribution in [-0.2, 0) is 9.53 Å². The molecule has 1 heterocycles. The Balaban J connectivity index is 1.62. The number of urea groups is 1. The molecule has 0 radical (unpaired) electrons. The van der Waals surface area contributed by atoms with Crippen LogP contribution >= 0.6 is 0 Å². The number of nitrogens with one attached hydrogen (secondary N) is 3. The summed E-state index contributed by atoms with van der Waals surface area (Å²) in [5.41, 5.74) is 1.42. The van der Waals surface area contributed by atoms with Gasteiger partial charge < -0.3 is 15.0 Å². The number of quaternary nitrogens is 1. The molecule has 2 aliphatic rings. The highest BCUT2D eigenvalue weighted by atomic mass is 16.5. The van der Waals surface area contributed by atoms with Gasteiger partial charge in [0.05, 0.1) is 0 Å². The standard InChI is InChI=1S/C17H29N3O3/c1-13-10-20(11-14(2)23-13)12-16(21)19-17(22)18-9-8-15-6-4-3-5-7-15/h6,13-14H,3-5,7-12H2,1-2H3,(H2,18,19,21,22)/p+1/t13-,14-/m1/s1. The summed E-state index contributed by atoms with van der Waals surface area (Å²) in [5.74, 6) is -0.226. The lowest BCUT2D eigenvalue weighted by Crippen LogP contribution is -3.16. The van der Waals surface area contributed by atoms with E-state index >= 15 is 0 Å². The Labute approximate surface area is 138 Å². The first-order valence-electron chi connectivity index (χ1n) is 8.77. The van der Waals surface area contributed by atoms with Crippen LogP contribution in [0.1, 0.15) is 46.0 Å². The average molecular weight is 324 g/mol. The van der Waals surface area contributed by atoms with Crippen molar-refractivity contribution in [3.63, 3.8) is 0 Å². The third-order valence-electron chi connectivity index (χ3n) is 4.40. The summed E-state index contributed by atoms with van der Waals surface area (Å²) in [6.07, 6.45) is 8.27. The fraction of sp³-hybridized carbons (Fsp3) is 0.765. The molecule has 0 aromatic rings. The van der Waals surface area contributed by atoms with Gasteiger partial charge in [-0.1, -0.05) is 11.6 Å². The van der Waals surface area contributed by atoms with Crippen molar-refractivity contribution in [3.05, 3.63) is 11.6 Å². The van der Waals surface area contributed by atoms with Crippen molar-refractivity contribution in [2.45, 2.75) is 58.2 Å². The van der Waals surface area contributed by atoms with Gasteiger partial charge in [-0.15, -0.1) is 0 Å². The zero-order valence-electron chi connectivity index (χ0n) is 14.3. The van der Waals surface area contributed by atoms with Crippen molar-refractivity contribution in [2.24, 2.45) is 0 Å². The molecule has 3 N–H and O–H groups in total. The molecule has 1 fully saturated rings. The number of hydrogen-bond donors (Lipinski definition) is 3. The molecule has 0 aromatic heterocycles. The van der Waals surface area contributed by atoms with E-state index in [9.17, 15) is 9.59 Å². The van der Waals surface area contributed by atoms with Gasteiger partial charge >= 0.3 is 6.03 Å². The predicted molar refractivity (Wildman–Crippen MR) is 88.3 cm³/mol. The molecule has 3 amide bonds. The predicted octanol–water partition coefficient (Wildman–Crippen LogP) is 0.395.